The summed E-state index contributed by atoms with van der Waals surface area (Å²) >= 11 is 0. The van der Waals surface area contributed by atoms with Gasteiger partial charge in [-0.2, -0.15) is 0 Å². The Balaban J connectivity index is 2.17. The summed E-state index contributed by atoms with van der Waals surface area (Å²) < 4.78 is 0. The van der Waals surface area contributed by atoms with Crippen LogP contribution in [0.15, 0.2) is 18.6 Å². The molecule has 0 fully saturated rings. The Kier molecular flexibility index (Phi) is 2.94. The minimum absolute atomic E-state index is 0.0936. The highest BCUT2D eigenvalue weighted by atomic mass is 16.3. The number of nitrogens with one attached hydrogen (secondary N) is 2. The summed E-state index contributed by atoms with van der Waals surface area (Å²) in [4.78, 5) is 11.3. The smallest absolute Gasteiger partial charge is 0.177 e. The van der Waals surface area contributed by atoms with Crippen LogP contribution in [0.3, 0.4) is 0 Å². The van der Waals surface area contributed by atoms with Gasteiger partial charge >= 0.3 is 0 Å². The number of H-pyrrole nitrogens is 1. The van der Waals surface area contributed by atoms with Gasteiger partial charge in [0.1, 0.15) is 0 Å². The standard InChI is InChI=1S/C10H14N4O/c1-7(5-15)12-4-8-2-3-11-10-9(8)13-6-14-10/h2-3,6-7,12,15H,4-5H2,1H3,(H,11,13,14). The van der Waals surface area contributed by atoms with Gasteiger partial charge in [-0.05, 0) is 18.6 Å². The van der Waals surface area contributed by atoms with E-state index in [9.17, 15) is 0 Å². The predicted molar refractivity (Wildman–Crippen MR) is 57.3 cm³/mol. The topological polar surface area (TPSA) is 73.8 Å². The van der Waals surface area contributed by atoms with Gasteiger partial charge in [0, 0.05) is 18.8 Å². The van der Waals surface area contributed by atoms with E-state index < -0.39 is 0 Å². The van der Waals surface area contributed by atoms with E-state index in [2.05, 4.69) is 20.3 Å². The second-order valence-electron chi connectivity index (χ2n) is 3.54. The summed E-state index contributed by atoms with van der Waals surface area (Å²) in [6.07, 6.45) is 3.38. The fraction of sp³-hybridized carbons (Fsp3) is 0.400. The molecule has 0 saturated carbocycles. The number of aliphatic hydroxyl groups is 1. The van der Waals surface area contributed by atoms with Crippen LogP contribution in [0.5, 0.6) is 0 Å². The quantitative estimate of drug-likeness (QED) is 0.678. The zero-order chi connectivity index (χ0) is 10.7. The Morgan fingerprint density at radius 1 is 1.53 bits per heavy atom. The van der Waals surface area contributed by atoms with Gasteiger partial charge in [0.25, 0.3) is 0 Å². The second-order valence-corrected chi connectivity index (χ2v) is 3.54. The van der Waals surface area contributed by atoms with Gasteiger partial charge in [-0.1, -0.05) is 0 Å². The molecule has 2 rings (SSSR count). The van der Waals surface area contributed by atoms with Crippen LogP contribution in [0.1, 0.15) is 12.5 Å². The second kappa shape index (κ2) is 4.37. The van der Waals surface area contributed by atoms with Gasteiger partial charge in [0.2, 0.25) is 0 Å². The number of nitrogens with zero attached hydrogens (tertiary/aromatic N) is 2. The first kappa shape index (κ1) is 10.1. The van der Waals surface area contributed by atoms with Crippen molar-refractivity contribution < 1.29 is 5.11 Å². The third-order valence-electron chi connectivity index (χ3n) is 2.33. The summed E-state index contributed by atoms with van der Waals surface area (Å²) in [5.41, 5.74) is 2.79. The Hall–Kier alpha value is -1.46. The minimum Gasteiger partial charge on any atom is -0.395 e. The molecule has 80 valence electrons. The van der Waals surface area contributed by atoms with Crippen molar-refractivity contribution in [3.63, 3.8) is 0 Å². The molecule has 1 unspecified atom stereocenters. The number of pyridine rings is 1. The van der Waals surface area contributed by atoms with E-state index in [1.807, 2.05) is 13.0 Å². The molecule has 0 aliphatic rings. The highest BCUT2D eigenvalue weighted by molar-refractivity contribution is 5.73. The maximum absolute atomic E-state index is 8.89. The van der Waals surface area contributed by atoms with Gasteiger partial charge in [-0.15, -0.1) is 0 Å². The summed E-state index contributed by atoms with van der Waals surface area (Å²) in [6, 6.07) is 2.04. The molecular weight excluding hydrogens is 192 g/mol. The monoisotopic (exact) mass is 206 g/mol. The lowest BCUT2D eigenvalue weighted by atomic mass is 10.2. The summed E-state index contributed by atoms with van der Waals surface area (Å²) in [5.74, 6) is 0. The molecule has 5 heteroatoms. The van der Waals surface area contributed by atoms with Crippen molar-refractivity contribution in [2.24, 2.45) is 0 Å². The first-order chi connectivity index (χ1) is 7.31. The zero-order valence-corrected chi connectivity index (χ0v) is 8.57. The lowest BCUT2D eigenvalue weighted by Crippen LogP contribution is -2.28. The molecule has 1 atom stereocenters. The zero-order valence-electron chi connectivity index (χ0n) is 8.57. The molecule has 2 aromatic heterocycles. The maximum Gasteiger partial charge on any atom is 0.177 e. The molecule has 0 radical (unpaired) electrons. The van der Waals surface area contributed by atoms with Crippen LogP contribution in [0.25, 0.3) is 11.2 Å². The summed E-state index contributed by atoms with van der Waals surface area (Å²) in [5, 5.41) is 12.1. The van der Waals surface area contributed by atoms with Gasteiger partial charge in [-0.3, -0.25) is 0 Å². The first-order valence-electron chi connectivity index (χ1n) is 4.92. The summed E-state index contributed by atoms with van der Waals surface area (Å²) in [6.45, 7) is 2.77. The fourth-order valence-corrected chi connectivity index (χ4v) is 1.40. The van der Waals surface area contributed by atoms with Gasteiger partial charge in [0.05, 0.1) is 18.5 Å². The van der Waals surface area contributed by atoms with Crippen LogP contribution in [0.2, 0.25) is 0 Å². The lowest BCUT2D eigenvalue weighted by molar-refractivity contribution is 0.251. The number of aromatic nitrogens is 3. The van der Waals surface area contributed by atoms with Crippen LogP contribution < -0.4 is 5.32 Å². The molecule has 0 saturated heterocycles. The van der Waals surface area contributed by atoms with Crippen molar-refractivity contribution in [3.05, 3.63) is 24.2 Å². The number of hydrogen-bond acceptors (Lipinski definition) is 4. The number of aromatic amines is 1. The van der Waals surface area contributed by atoms with Crippen LogP contribution in [-0.2, 0) is 6.54 Å². The lowest BCUT2D eigenvalue weighted by Gasteiger charge is -2.10. The van der Waals surface area contributed by atoms with Crippen molar-refractivity contribution in [2.75, 3.05) is 6.61 Å². The molecule has 0 aliphatic carbocycles. The molecule has 0 aliphatic heterocycles. The van der Waals surface area contributed by atoms with Crippen LogP contribution >= 0.6 is 0 Å². The molecule has 0 amide bonds. The van der Waals surface area contributed by atoms with E-state index in [0.29, 0.717) is 6.54 Å². The highest BCUT2D eigenvalue weighted by Gasteiger charge is 2.05. The molecule has 0 spiro atoms. The minimum atomic E-state index is 0.0936. The molecule has 5 nitrogen and oxygen atoms in total. The summed E-state index contributed by atoms with van der Waals surface area (Å²) in [7, 11) is 0. The third kappa shape index (κ3) is 2.14. The number of hydrogen-bond donors (Lipinski definition) is 3. The van der Waals surface area contributed by atoms with Gasteiger partial charge < -0.3 is 15.4 Å². The van der Waals surface area contributed by atoms with Crippen molar-refractivity contribution in [1.82, 2.24) is 20.3 Å². The van der Waals surface area contributed by atoms with Gasteiger partial charge in [0.15, 0.2) is 5.65 Å². The molecule has 2 heterocycles. The van der Waals surface area contributed by atoms with Crippen molar-refractivity contribution in [1.29, 1.82) is 0 Å². The Morgan fingerprint density at radius 2 is 2.40 bits per heavy atom. The van der Waals surface area contributed by atoms with E-state index in [4.69, 9.17) is 5.11 Å². The molecule has 3 N–H and O–H groups in total. The van der Waals surface area contributed by atoms with Crippen molar-refractivity contribution in [3.8, 4) is 0 Å². The predicted octanol–water partition coefficient (Wildman–Crippen LogP) is 0.428. The third-order valence-corrected chi connectivity index (χ3v) is 2.33. The highest BCUT2D eigenvalue weighted by Crippen LogP contribution is 2.11. The SMILES string of the molecule is CC(CO)NCc1ccnc2nc[nH]c12. The average molecular weight is 206 g/mol. The normalized spacial score (nSPS) is 13.2. The molecule has 0 aromatic carbocycles. The number of rotatable bonds is 4. The van der Waals surface area contributed by atoms with Crippen molar-refractivity contribution in [2.45, 2.75) is 19.5 Å². The molecule has 15 heavy (non-hydrogen) atoms. The number of imidazole rings is 1. The fourth-order valence-electron chi connectivity index (χ4n) is 1.40. The van der Waals surface area contributed by atoms with Crippen molar-refractivity contribution >= 4 is 11.2 Å². The number of fused-ring (bicyclic) bond motifs is 1. The van der Waals surface area contributed by atoms with E-state index in [0.717, 1.165) is 16.7 Å². The average Bonchev–Trinajstić information content (AvgIpc) is 2.74. The Bertz CT molecular complexity index is 440. The molecule has 0 bridgehead atoms. The van der Waals surface area contributed by atoms with Crippen LogP contribution in [-0.4, -0.2) is 32.7 Å². The first-order valence-corrected chi connectivity index (χ1v) is 4.92. The Morgan fingerprint density at radius 3 is 3.20 bits per heavy atom. The van der Waals surface area contributed by atoms with Crippen LogP contribution in [0, 0.1) is 0 Å². The largest absolute Gasteiger partial charge is 0.395 e. The molecule has 2 aromatic rings. The maximum atomic E-state index is 8.89. The molecular formula is C10H14N4O. The van der Waals surface area contributed by atoms with E-state index in [1.54, 1.807) is 12.5 Å². The van der Waals surface area contributed by atoms with Gasteiger partial charge in [-0.25, -0.2) is 9.97 Å². The van der Waals surface area contributed by atoms with E-state index >= 15 is 0 Å². The van der Waals surface area contributed by atoms with Crippen LogP contribution in [0.4, 0.5) is 0 Å². The Labute approximate surface area is 87.6 Å². The van der Waals surface area contributed by atoms with E-state index in [1.165, 1.54) is 0 Å². The van der Waals surface area contributed by atoms with E-state index in [-0.39, 0.29) is 12.6 Å². The number of aliphatic hydroxyl groups excluding tert-OH is 1.